The average Bonchev–Trinajstić information content (AvgIpc) is 3.82. The number of rotatable bonds is 7. The van der Waals surface area contributed by atoms with Crippen molar-refractivity contribution < 1.29 is 19.2 Å². The lowest BCUT2D eigenvalue weighted by Gasteiger charge is -2.26. The molecule has 2 saturated carbocycles. The van der Waals surface area contributed by atoms with Crippen LogP contribution in [0.3, 0.4) is 0 Å². The fourth-order valence-corrected chi connectivity index (χ4v) is 8.64. The van der Waals surface area contributed by atoms with Gasteiger partial charge in [-0.2, -0.15) is 0 Å². The van der Waals surface area contributed by atoms with Crippen molar-refractivity contribution in [2.24, 2.45) is 0 Å². The van der Waals surface area contributed by atoms with Crippen LogP contribution in [0.25, 0.3) is 16.5 Å². The summed E-state index contributed by atoms with van der Waals surface area (Å²) in [5, 5.41) is 0.357. The van der Waals surface area contributed by atoms with E-state index in [-0.39, 0.29) is 34.0 Å². The van der Waals surface area contributed by atoms with E-state index in [1.54, 1.807) is 12.1 Å². The second kappa shape index (κ2) is 12.7. The Labute approximate surface area is 291 Å². The normalized spacial score (nSPS) is 18.9. The standard InChI is InChI=1S/C42H41N3O5/c1-3-4-10-23(2)26-15-17-28-34(20-26)43-39(44-40(28)48)36-37(46)30-21-32-33(22-31(30)38(36)47)42(50)45(41(32)49)35-18-16-27(24-11-6-5-7-12-24)19-29(35)25-13-8-9-14-25/h10,15-22,24-25,36H,3-9,11-14H2,1-2H3,(H,43,44,48). The molecule has 1 N–H and O–H groups in total. The van der Waals surface area contributed by atoms with E-state index in [9.17, 15) is 24.0 Å². The maximum atomic E-state index is 14.1. The van der Waals surface area contributed by atoms with Gasteiger partial charge in [0, 0.05) is 11.1 Å². The van der Waals surface area contributed by atoms with Gasteiger partial charge in [0.1, 0.15) is 11.7 Å². The summed E-state index contributed by atoms with van der Waals surface area (Å²) in [7, 11) is 0. The molecule has 0 saturated heterocycles. The number of anilines is 1. The molecule has 0 spiro atoms. The smallest absolute Gasteiger partial charge is 0.266 e. The lowest BCUT2D eigenvalue weighted by molar-refractivity contribution is 0.0882. The van der Waals surface area contributed by atoms with E-state index in [1.807, 2.05) is 19.1 Å². The van der Waals surface area contributed by atoms with Gasteiger partial charge in [0.2, 0.25) is 0 Å². The Morgan fingerprint density at radius 1 is 0.780 bits per heavy atom. The number of nitrogens with zero attached hydrogens (tertiary/aromatic N) is 2. The van der Waals surface area contributed by atoms with Crippen molar-refractivity contribution in [3.05, 3.63) is 110 Å². The van der Waals surface area contributed by atoms with Crippen molar-refractivity contribution in [1.29, 1.82) is 0 Å². The summed E-state index contributed by atoms with van der Waals surface area (Å²) in [4.78, 5) is 77.6. The number of aromatic nitrogens is 2. The van der Waals surface area contributed by atoms with Crippen LogP contribution in [-0.4, -0.2) is 33.3 Å². The summed E-state index contributed by atoms with van der Waals surface area (Å²) in [6.45, 7) is 4.10. The van der Waals surface area contributed by atoms with Gasteiger partial charge in [0.25, 0.3) is 17.4 Å². The van der Waals surface area contributed by atoms with Gasteiger partial charge in [-0.3, -0.25) is 24.0 Å². The number of hydrogen-bond donors (Lipinski definition) is 1. The lowest BCUT2D eigenvalue weighted by atomic mass is 9.82. The quantitative estimate of drug-likeness (QED) is 0.156. The van der Waals surface area contributed by atoms with Gasteiger partial charge >= 0.3 is 0 Å². The van der Waals surface area contributed by atoms with Crippen LogP contribution in [0.15, 0.2) is 59.4 Å². The molecule has 2 fully saturated rings. The van der Waals surface area contributed by atoms with Crippen LogP contribution in [-0.2, 0) is 0 Å². The summed E-state index contributed by atoms with van der Waals surface area (Å²) < 4.78 is 0. The number of aromatic amines is 1. The molecule has 4 aromatic rings. The predicted molar refractivity (Wildman–Crippen MR) is 193 cm³/mol. The molecule has 50 heavy (non-hydrogen) atoms. The van der Waals surface area contributed by atoms with Crippen molar-refractivity contribution >= 4 is 45.5 Å². The highest BCUT2D eigenvalue weighted by Gasteiger charge is 2.46. The van der Waals surface area contributed by atoms with Gasteiger partial charge in [-0.05, 0) is 103 Å². The predicted octanol–water partition coefficient (Wildman–Crippen LogP) is 8.80. The Morgan fingerprint density at radius 3 is 2.08 bits per heavy atom. The number of H-pyrrole nitrogens is 1. The number of unbranched alkanes of at least 4 members (excludes halogenated alkanes) is 1. The molecule has 8 rings (SSSR count). The topological polar surface area (TPSA) is 117 Å². The van der Waals surface area contributed by atoms with Crippen molar-refractivity contribution in [3.63, 3.8) is 0 Å². The van der Waals surface area contributed by atoms with Crippen molar-refractivity contribution in [3.8, 4) is 0 Å². The van der Waals surface area contributed by atoms with Crippen LogP contribution in [0.1, 0.15) is 166 Å². The SMILES string of the molecule is CCCC=C(C)c1ccc2c(=O)[nH]c(C3C(=O)c4cc5c(cc4C3=O)C(=O)N(c3ccc(C4CCCCC4)cc3C3CCCC3)C5=O)nc2c1. The minimum Gasteiger partial charge on any atom is -0.309 e. The monoisotopic (exact) mass is 667 g/mol. The molecule has 2 heterocycles. The van der Waals surface area contributed by atoms with E-state index >= 15 is 0 Å². The molecule has 1 aromatic heterocycles. The molecule has 8 nitrogen and oxygen atoms in total. The van der Waals surface area contributed by atoms with E-state index < -0.39 is 34.9 Å². The second-order valence-corrected chi connectivity index (χ2v) is 14.5. The zero-order valence-corrected chi connectivity index (χ0v) is 28.6. The third-order valence-corrected chi connectivity index (χ3v) is 11.4. The first-order valence-electron chi connectivity index (χ1n) is 18.2. The maximum Gasteiger partial charge on any atom is 0.266 e. The number of fused-ring (bicyclic) bond motifs is 3. The highest BCUT2D eigenvalue weighted by atomic mass is 16.2. The highest BCUT2D eigenvalue weighted by molar-refractivity contribution is 6.37. The molecular weight excluding hydrogens is 626 g/mol. The minimum atomic E-state index is -1.37. The van der Waals surface area contributed by atoms with Crippen LogP contribution in [0.2, 0.25) is 0 Å². The number of hydrogen-bond acceptors (Lipinski definition) is 6. The Bertz CT molecular complexity index is 2140. The Balaban J connectivity index is 1.13. The number of allylic oxidation sites excluding steroid dienone is 2. The number of nitrogens with one attached hydrogen (secondary N) is 1. The molecule has 0 bridgehead atoms. The molecule has 2 amide bonds. The number of amides is 2. The van der Waals surface area contributed by atoms with Gasteiger partial charge in [-0.1, -0.05) is 69.7 Å². The van der Waals surface area contributed by atoms with E-state index in [1.165, 1.54) is 41.9 Å². The highest BCUT2D eigenvalue weighted by Crippen LogP contribution is 2.45. The summed E-state index contributed by atoms with van der Waals surface area (Å²) in [5.41, 5.74) is 5.20. The van der Waals surface area contributed by atoms with Crippen LogP contribution >= 0.6 is 0 Å². The first kappa shape index (κ1) is 32.2. The van der Waals surface area contributed by atoms with Crippen LogP contribution in [0.4, 0.5) is 5.69 Å². The summed E-state index contributed by atoms with van der Waals surface area (Å²) in [6.07, 6.45) is 14.3. The lowest BCUT2D eigenvalue weighted by Crippen LogP contribution is -2.30. The summed E-state index contributed by atoms with van der Waals surface area (Å²) in [5.74, 6) is -2.72. The number of Topliss-reactive ketones (excluding diaryl/α,β-unsaturated/α-hetero) is 2. The number of benzene rings is 3. The molecule has 0 radical (unpaired) electrons. The van der Waals surface area contributed by atoms with Crippen molar-refractivity contribution in [2.45, 2.75) is 102 Å². The zero-order chi connectivity index (χ0) is 34.7. The van der Waals surface area contributed by atoms with E-state index in [4.69, 9.17) is 0 Å². The minimum absolute atomic E-state index is 0.0419. The fourth-order valence-electron chi connectivity index (χ4n) is 8.64. The van der Waals surface area contributed by atoms with Gasteiger partial charge in [0.15, 0.2) is 11.6 Å². The number of carbonyl (C=O) groups excluding carboxylic acids is 4. The van der Waals surface area contributed by atoms with Crippen LogP contribution in [0.5, 0.6) is 0 Å². The van der Waals surface area contributed by atoms with Crippen molar-refractivity contribution in [2.75, 3.05) is 4.90 Å². The third kappa shape index (κ3) is 5.27. The molecule has 0 unspecified atom stereocenters. The van der Waals surface area contributed by atoms with E-state index in [0.29, 0.717) is 22.5 Å². The first-order valence-corrected chi connectivity index (χ1v) is 18.2. The van der Waals surface area contributed by atoms with Crippen molar-refractivity contribution in [1.82, 2.24) is 9.97 Å². The Morgan fingerprint density at radius 2 is 1.42 bits per heavy atom. The average molecular weight is 668 g/mol. The van der Waals surface area contributed by atoms with Gasteiger partial charge in [0.05, 0.1) is 27.7 Å². The largest absolute Gasteiger partial charge is 0.309 e. The van der Waals surface area contributed by atoms with E-state index in [0.717, 1.165) is 68.1 Å². The first-order chi connectivity index (χ1) is 24.2. The summed E-state index contributed by atoms with van der Waals surface area (Å²) >= 11 is 0. The molecule has 8 heteroatoms. The van der Waals surface area contributed by atoms with Crippen LogP contribution < -0.4 is 10.5 Å². The molecule has 3 aliphatic carbocycles. The number of carbonyl (C=O) groups is 4. The second-order valence-electron chi connectivity index (χ2n) is 14.5. The zero-order valence-electron chi connectivity index (χ0n) is 28.6. The van der Waals surface area contributed by atoms with Crippen LogP contribution in [0, 0.1) is 0 Å². The molecule has 4 aliphatic rings. The summed E-state index contributed by atoms with van der Waals surface area (Å²) in [6, 6.07) is 14.4. The molecular formula is C42H41N3O5. The van der Waals surface area contributed by atoms with E-state index in [2.05, 4.69) is 35.1 Å². The number of ketones is 2. The molecule has 254 valence electrons. The maximum absolute atomic E-state index is 14.1. The molecule has 3 aromatic carbocycles. The fraction of sp³-hybridized carbons (Fsp3) is 0.381. The van der Waals surface area contributed by atoms with Gasteiger partial charge < -0.3 is 4.98 Å². The Kier molecular flexibility index (Phi) is 8.20. The van der Waals surface area contributed by atoms with Gasteiger partial charge in [-0.15, -0.1) is 0 Å². The Hall–Kier alpha value is -4.98. The third-order valence-electron chi connectivity index (χ3n) is 11.4. The number of imide groups is 1. The van der Waals surface area contributed by atoms with Gasteiger partial charge in [-0.25, -0.2) is 9.88 Å². The molecule has 1 aliphatic heterocycles. The molecule has 0 atom stereocenters.